The summed E-state index contributed by atoms with van der Waals surface area (Å²) in [6.45, 7) is 4.05. The second-order valence-corrected chi connectivity index (χ2v) is 9.38. The summed E-state index contributed by atoms with van der Waals surface area (Å²) in [4.78, 5) is 4.16. The molecule has 1 aromatic heterocycles. The lowest BCUT2D eigenvalue weighted by Crippen LogP contribution is -2.34. The second-order valence-electron chi connectivity index (χ2n) is 7.49. The maximum Gasteiger partial charge on any atom is 0.262 e. The van der Waals surface area contributed by atoms with Crippen molar-refractivity contribution < 1.29 is 18.3 Å². The number of imidazole rings is 1. The molecule has 2 unspecified atom stereocenters. The van der Waals surface area contributed by atoms with E-state index in [1.54, 1.807) is 48.5 Å². The van der Waals surface area contributed by atoms with Crippen molar-refractivity contribution in [3.63, 3.8) is 0 Å². The van der Waals surface area contributed by atoms with Gasteiger partial charge in [0.1, 0.15) is 5.75 Å². The molecule has 0 aliphatic rings. The van der Waals surface area contributed by atoms with Crippen LogP contribution in [0.3, 0.4) is 0 Å². The van der Waals surface area contributed by atoms with Crippen molar-refractivity contribution in [1.82, 2.24) is 13.9 Å². The van der Waals surface area contributed by atoms with E-state index in [4.69, 9.17) is 4.74 Å². The number of nitrogens with zero attached hydrogens (tertiary/aromatic N) is 3. The molecule has 3 aromatic rings. The molecule has 1 heterocycles. The predicted molar refractivity (Wildman–Crippen MR) is 119 cm³/mol. The fourth-order valence-corrected chi connectivity index (χ4v) is 4.57. The molecule has 0 saturated heterocycles. The first-order valence-corrected chi connectivity index (χ1v) is 11.7. The van der Waals surface area contributed by atoms with E-state index in [1.165, 1.54) is 4.31 Å². The Morgan fingerprint density at radius 2 is 1.90 bits per heavy atom. The SMILES string of the molecule is CCC(C)n1cnc(S(=O)(=O)N(Cc2ccccc2)CC(O)c2cccc(OC)c2)c1. The molecule has 2 aromatic carbocycles. The van der Waals surface area contributed by atoms with Gasteiger partial charge < -0.3 is 14.4 Å². The Labute approximate surface area is 184 Å². The molecule has 0 spiro atoms. The Morgan fingerprint density at radius 1 is 1.16 bits per heavy atom. The summed E-state index contributed by atoms with van der Waals surface area (Å²) in [5.41, 5.74) is 1.41. The number of rotatable bonds is 10. The second kappa shape index (κ2) is 10.1. The summed E-state index contributed by atoms with van der Waals surface area (Å²) in [5, 5.41) is 10.8. The summed E-state index contributed by atoms with van der Waals surface area (Å²) in [6.07, 6.45) is 2.93. The third-order valence-electron chi connectivity index (χ3n) is 5.34. The average molecular weight is 444 g/mol. The van der Waals surface area contributed by atoms with Crippen molar-refractivity contribution >= 4 is 10.0 Å². The highest BCUT2D eigenvalue weighted by Gasteiger charge is 2.30. The standard InChI is InChI=1S/C23H29N3O4S/c1-4-18(2)25-16-23(24-17-25)31(28,29)26(14-19-9-6-5-7-10-19)15-22(27)20-11-8-12-21(13-20)30-3/h5-13,16-18,22,27H,4,14-15H2,1-3H3. The Bertz CT molecular complexity index is 1080. The van der Waals surface area contributed by atoms with Gasteiger partial charge in [-0.25, -0.2) is 13.4 Å². The van der Waals surface area contributed by atoms with Gasteiger partial charge in [0.15, 0.2) is 5.03 Å². The lowest BCUT2D eigenvalue weighted by atomic mass is 10.1. The Balaban J connectivity index is 1.92. The molecule has 0 radical (unpaired) electrons. The highest BCUT2D eigenvalue weighted by atomic mass is 32.2. The zero-order valence-corrected chi connectivity index (χ0v) is 18.9. The van der Waals surface area contributed by atoms with Gasteiger partial charge in [0, 0.05) is 25.3 Å². The van der Waals surface area contributed by atoms with Gasteiger partial charge in [-0.15, -0.1) is 0 Å². The minimum absolute atomic E-state index is 0.0263. The number of aliphatic hydroxyl groups is 1. The molecule has 0 aliphatic heterocycles. The summed E-state index contributed by atoms with van der Waals surface area (Å²) in [7, 11) is -2.38. The molecule has 7 nitrogen and oxygen atoms in total. The van der Waals surface area contributed by atoms with Crippen LogP contribution in [0.2, 0.25) is 0 Å². The van der Waals surface area contributed by atoms with E-state index in [0.717, 1.165) is 12.0 Å². The summed E-state index contributed by atoms with van der Waals surface area (Å²) >= 11 is 0. The molecular weight excluding hydrogens is 414 g/mol. The minimum Gasteiger partial charge on any atom is -0.497 e. The smallest absolute Gasteiger partial charge is 0.262 e. The normalized spacial score (nSPS) is 13.8. The van der Waals surface area contributed by atoms with Gasteiger partial charge in [0.2, 0.25) is 0 Å². The number of aromatic nitrogens is 2. The minimum atomic E-state index is -3.93. The van der Waals surface area contributed by atoms with Gasteiger partial charge >= 0.3 is 0 Å². The fraction of sp³-hybridized carbons (Fsp3) is 0.348. The molecule has 0 bridgehead atoms. The molecule has 8 heteroatoms. The predicted octanol–water partition coefficient (Wildman–Crippen LogP) is 3.79. The van der Waals surface area contributed by atoms with Crippen molar-refractivity contribution in [3.8, 4) is 5.75 Å². The van der Waals surface area contributed by atoms with Crippen LogP contribution in [0.25, 0.3) is 0 Å². The third-order valence-corrected chi connectivity index (χ3v) is 7.04. The number of sulfonamides is 1. The first kappa shape index (κ1) is 23.0. The zero-order chi connectivity index (χ0) is 22.4. The van der Waals surface area contributed by atoms with E-state index in [9.17, 15) is 13.5 Å². The number of hydrogen-bond acceptors (Lipinski definition) is 5. The molecule has 0 saturated carbocycles. The van der Waals surface area contributed by atoms with Gasteiger partial charge in [0.25, 0.3) is 10.0 Å². The van der Waals surface area contributed by atoms with E-state index in [1.807, 2.05) is 44.2 Å². The molecule has 2 atom stereocenters. The van der Waals surface area contributed by atoms with Gasteiger partial charge in [-0.2, -0.15) is 4.31 Å². The van der Waals surface area contributed by atoms with Gasteiger partial charge in [-0.05, 0) is 36.6 Å². The Morgan fingerprint density at radius 3 is 2.58 bits per heavy atom. The van der Waals surface area contributed by atoms with Gasteiger partial charge in [-0.1, -0.05) is 49.4 Å². The molecule has 0 amide bonds. The lowest BCUT2D eigenvalue weighted by molar-refractivity contribution is 0.145. The molecule has 166 valence electrons. The number of hydrogen-bond donors (Lipinski definition) is 1. The highest BCUT2D eigenvalue weighted by molar-refractivity contribution is 7.89. The topological polar surface area (TPSA) is 84.7 Å². The molecule has 0 aliphatic carbocycles. The summed E-state index contributed by atoms with van der Waals surface area (Å²) in [6, 6.07) is 16.4. The zero-order valence-electron chi connectivity index (χ0n) is 18.0. The van der Waals surface area contributed by atoms with Gasteiger partial charge in [0.05, 0.1) is 19.5 Å². The summed E-state index contributed by atoms with van der Waals surface area (Å²) < 4.78 is 35.2. The maximum absolute atomic E-state index is 13.5. The van der Waals surface area contributed by atoms with Crippen molar-refractivity contribution in [2.45, 2.75) is 44.0 Å². The van der Waals surface area contributed by atoms with E-state index >= 15 is 0 Å². The van der Waals surface area contributed by atoms with Gasteiger partial charge in [-0.3, -0.25) is 0 Å². The Hall–Kier alpha value is -2.68. The van der Waals surface area contributed by atoms with E-state index < -0.39 is 16.1 Å². The van der Waals surface area contributed by atoms with Crippen molar-refractivity contribution in [1.29, 1.82) is 0 Å². The quantitative estimate of drug-likeness (QED) is 0.515. The van der Waals surface area contributed by atoms with Crippen molar-refractivity contribution in [2.75, 3.05) is 13.7 Å². The lowest BCUT2D eigenvalue weighted by Gasteiger charge is -2.24. The number of benzene rings is 2. The van der Waals surface area contributed by atoms with Crippen LogP contribution < -0.4 is 4.74 Å². The molecule has 0 fully saturated rings. The van der Waals surface area contributed by atoms with E-state index in [0.29, 0.717) is 11.3 Å². The molecule has 1 N–H and O–H groups in total. The van der Waals surface area contributed by atoms with Crippen LogP contribution in [0.15, 0.2) is 72.1 Å². The maximum atomic E-state index is 13.5. The Kier molecular flexibility index (Phi) is 7.48. The first-order chi connectivity index (χ1) is 14.8. The monoisotopic (exact) mass is 443 g/mol. The highest BCUT2D eigenvalue weighted by Crippen LogP contribution is 2.25. The van der Waals surface area contributed by atoms with Crippen LogP contribution in [-0.2, 0) is 16.6 Å². The molecular formula is C23H29N3O4S. The van der Waals surface area contributed by atoms with Crippen molar-refractivity contribution in [2.24, 2.45) is 0 Å². The van der Waals surface area contributed by atoms with Crippen LogP contribution in [0, 0.1) is 0 Å². The van der Waals surface area contributed by atoms with Crippen LogP contribution in [0.5, 0.6) is 5.75 Å². The van der Waals surface area contributed by atoms with Crippen LogP contribution in [-0.4, -0.2) is 41.0 Å². The van der Waals surface area contributed by atoms with E-state index in [-0.39, 0.29) is 24.2 Å². The van der Waals surface area contributed by atoms with Crippen LogP contribution >= 0.6 is 0 Å². The third kappa shape index (κ3) is 5.52. The number of methoxy groups -OCH3 is 1. The largest absolute Gasteiger partial charge is 0.497 e. The number of aliphatic hydroxyl groups excluding tert-OH is 1. The first-order valence-electron chi connectivity index (χ1n) is 10.2. The van der Waals surface area contributed by atoms with Crippen molar-refractivity contribution in [3.05, 3.63) is 78.2 Å². The van der Waals surface area contributed by atoms with Crippen LogP contribution in [0.4, 0.5) is 0 Å². The molecule has 31 heavy (non-hydrogen) atoms. The van der Waals surface area contributed by atoms with E-state index in [2.05, 4.69) is 4.98 Å². The summed E-state index contributed by atoms with van der Waals surface area (Å²) in [5.74, 6) is 0.598. The fourth-order valence-electron chi connectivity index (χ4n) is 3.22. The number of ether oxygens (including phenoxy) is 1. The average Bonchev–Trinajstić information content (AvgIpc) is 3.30. The molecule has 3 rings (SSSR count). The van der Waals surface area contributed by atoms with Crippen LogP contribution in [0.1, 0.15) is 43.5 Å².